The lowest BCUT2D eigenvalue weighted by molar-refractivity contribution is -0.510. The lowest BCUT2D eigenvalue weighted by atomic mass is 10.1. The second-order valence-electron chi connectivity index (χ2n) is 5.29. The van der Waals surface area contributed by atoms with Crippen LogP contribution < -0.4 is 26.7 Å². The van der Waals surface area contributed by atoms with Crippen LogP contribution >= 0.6 is 11.6 Å². The van der Waals surface area contributed by atoms with Gasteiger partial charge in [-0.15, -0.1) is 0 Å². The lowest BCUT2D eigenvalue weighted by Crippen LogP contribution is -3.00. The van der Waals surface area contributed by atoms with Gasteiger partial charge in [-0.25, -0.2) is 0 Å². The molecule has 0 saturated heterocycles. The van der Waals surface area contributed by atoms with Crippen LogP contribution in [-0.4, -0.2) is 0 Å². The van der Waals surface area contributed by atoms with E-state index in [2.05, 4.69) is 58.5 Å². The third kappa shape index (κ3) is 3.31. The van der Waals surface area contributed by atoms with Crippen LogP contribution in [0.25, 0.3) is 16.3 Å². The maximum atomic E-state index is 6.03. The van der Waals surface area contributed by atoms with Gasteiger partial charge in [-0.3, -0.25) is 0 Å². The largest absolute Gasteiger partial charge is 1.00 e. The second kappa shape index (κ2) is 6.57. The van der Waals surface area contributed by atoms with Crippen molar-refractivity contribution in [3.8, 4) is 0 Å². The Labute approximate surface area is 150 Å². The first kappa shape index (κ1) is 15.8. The van der Waals surface area contributed by atoms with Crippen LogP contribution in [-0.2, 0) is 0 Å². The van der Waals surface area contributed by atoms with E-state index in [4.69, 9.17) is 11.6 Å². The molecule has 23 heavy (non-hydrogen) atoms. The predicted octanol–water partition coefficient (Wildman–Crippen LogP) is 1.98. The Morgan fingerprint density at radius 1 is 0.783 bits per heavy atom. The number of halogens is 2. The van der Waals surface area contributed by atoms with E-state index in [0.717, 1.165) is 16.4 Å². The van der Waals surface area contributed by atoms with Crippen molar-refractivity contribution in [1.29, 1.82) is 0 Å². The highest BCUT2D eigenvalue weighted by Crippen LogP contribution is 2.24. The molecule has 0 atom stereocenters. The highest BCUT2D eigenvalue weighted by Gasteiger charge is 2.05. The molecule has 0 spiro atoms. The van der Waals surface area contributed by atoms with Crippen LogP contribution in [0.5, 0.6) is 0 Å². The van der Waals surface area contributed by atoms with Crippen molar-refractivity contribution in [2.75, 3.05) is 5.32 Å². The minimum Gasteiger partial charge on any atom is -1.00 e. The van der Waals surface area contributed by atoms with Crippen molar-refractivity contribution in [2.45, 2.75) is 0 Å². The molecule has 0 radical (unpaired) electrons. The Balaban J connectivity index is 0.00000156. The summed E-state index contributed by atoms with van der Waals surface area (Å²) in [6, 6.07) is 22.5. The van der Waals surface area contributed by atoms with E-state index >= 15 is 0 Å². The number of rotatable bonds is 2. The van der Waals surface area contributed by atoms with Crippen molar-refractivity contribution in [3.05, 3.63) is 84.1 Å². The summed E-state index contributed by atoms with van der Waals surface area (Å²) in [6.45, 7) is 0. The molecular formula is C19H14BrClN2. The fraction of sp³-hybridized carbons (Fsp3) is 0. The van der Waals surface area contributed by atoms with Crippen molar-refractivity contribution in [3.63, 3.8) is 0 Å². The quantitative estimate of drug-likeness (QED) is 0.412. The van der Waals surface area contributed by atoms with E-state index in [-0.39, 0.29) is 17.0 Å². The molecule has 0 saturated carbocycles. The van der Waals surface area contributed by atoms with Gasteiger partial charge in [0, 0.05) is 40.0 Å². The normalized spacial score (nSPS) is 10.5. The van der Waals surface area contributed by atoms with Crippen LogP contribution in [0.4, 0.5) is 11.4 Å². The number of fused-ring (bicyclic) bond motifs is 2. The van der Waals surface area contributed by atoms with Gasteiger partial charge in [-0.1, -0.05) is 17.7 Å². The first-order valence-electron chi connectivity index (χ1n) is 7.14. The fourth-order valence-corrected chi connectivity index (χ4v) is 2.84. The van der Waals surface area contributed by atoms with Crippen molar-refractivity contribution >= 4 is 39.3 Å². The Morgan fingerprint density at radius 3 is 2.52 bits per heavy atom. The second-order valence-corrected chi connectivity index (χ2v) is 5.72. The monoisotopic (exact) mass is 384 g/mol. The summed E-state index contributed by atoms with van der Waals surface area (Å²) < 4.78 is 2.13. The Bertz CT molecular complexity index is 985. The van der Waals surface area contributed by atoms with Gasteiger partial charge < -0.3 is 22.3 Å². The summed E-state index contributed by atoms with van der Waals surface area (Å²) in [5.74, 6) is 0. The Hall–Kier alpha value is -2.10. The van der Waals surface area contributed by atoms with Crippen LogP contribution in [0, 0.1) is 0 Å². The molecule has 4 heteroatoms. The molecule has 114 valence electrons. The van der Waals surface area contributed by atoms with Crippen molar-refractivity contribution in [2.24, 2.45) is 0 Å². The number of anilines is 2. The van der Waals surface area contributed by atoms with Gasteiger partial charge in [0.1, 0.15) is 0 Å². The smallest absolute Gasteiger partial charge is 0.211 e. The maximum Gasteiger partial charge on any atom is 0.211 e. The number of hydrogen-bond acceptors (Lipinski definition) is 1. The van der Waals surface area contributed by atoms with E-state index in [1.165, 1.54) is 16.3 Å². The summed E-state index contributed by atoms with van der Waals surface area (Å²) in [7, 11) is 0. The molecule has 0 aliphatic rings. The van der Waals surface area contributed by atoms with Crippen LogP contribution in [0.1, 0.15) is 0 Å². The molecular weight excluding hydrogens is 372 g/mol. The highest BCUT2D eigenvalue weighted by atomic mass is 79.9. The molecule has 0 bridgehead atoms. The average Bonchev–Trinajstić information content (AvgIpc) is 2.53. The van der Waals surface area contributed by atoms with Gasteiger partial charge in [0.25, 0.3) is 0 Å². The van der Waals surface area contributed by atoms with E-state index < -0.39 is 0 Å². The summed E-state index contributed by atoms with van der Waals surface area (Å²) in [5.41, 5.74) is 3.21. The molecule has 2 heterocycles. The number of pyridine rings is 2. The van der Waals surface area contributed by atoms with Gasteiger partial charge in [0.15, 0.2) is 12.4 Å². The lowest BCUT2D eigenvalue weighted by Gasteiger charge is -2.07. The van der Waals surface area contributed by atoms with E-state index in [1.54, 1.807) is 0 Å². The predicted molar refractivity (Wildman–Crippen MR) is 91.8 cm³/mol. The zero-order chi connectivity index (χ0) is 14.9. The summed E-state index contributed by atoms with van der Waals surface area (Å²) in [4.78, 5) is 0. The van der Waals surface area contributed by atoms with Crippen molar-refractivity contribution < 1.29 is 21.4 Å². The first-order valence-corrected chi connectivity index (χ1v) is 7.52. The van der Waals surface area contributed by atoms with Crippen LogP contribution in [0.3, 0.4) is 0 Å². The molecule has 2 aromatic heterocycles. The van der Waals surface area contributed by atoms with E-state index in [1.807, 2.05) is 30.3 Å². The number of aromatic nitrogens is 1. The number of nitrogens with one attached hydrogen (secondary N) is 1. The molecule has 0 amide bonds. The van der Waals surface area contributed by atoms with Gasteiger partial charge in [-0.05, 0) is 47.9 Å². The summed E-state index contributed by atoms with van der Waals surface area (Å²) in [6.07, 6.45) is 4.21. The topological polar surface area (TPSA) is 16.1 Å². The SMILES string of the molecule is Clc1cccc(Nc2ccc3c[n+]4ccccc4cc3c2)c1.[Br-]. The first-order chi connectivity index (χ1) is 10.8. The third-order valence-electron chi connectivity index (χ3n) is 3.70. The van der Waals surface area contributed by atoms with E-state index in [0.29, 0.717) is 0 Å². The van der Waals surface area contributed by atoms with Crippen LogP contribution in [0.2, 0.25) is 5.02 Å². The zero-order valence-electron chi connectivity index (χ0n) is 12.2. The van der Waals surface area contributed by atoms with E-state index in [9.17, 15) is 0 Å². The Kier molecular flexibility index (Phi) is 4.51. The average molecular weight is 386 g/mol. The highest BCUT2D eigenvalue weighted by molar-refractivity contribution is 6.30. The molecule has 2 aromatic carbocycles. The van der Waals surface area contributed by atoms with Crippen LogP contribution in [0.15, 0.2) is 79.1 Å². The molecule has 0 aliphatic carbocycles. The molecule has 0 fully saturated rings. The Morgan fingerprint density at radius 2 is 1.65 bits per heavy atom. The third-order valence-corrected chi connectivity index (χ3v) is 3.94. The van der Waals surface area contributed by atoms with Gasteiger partial charge in [0.2, 0.25) is 5.52 Å². The molecule has 0 unspecified atom stereocenters. The number of hydrogen-bond donors (Lipinski definition) is 1. The van der Waals surface area contributed by atoms with Gasteiger partial charge in [-0.2, -0.15) is 4.40 Å². The fourth-order valence-electron chi connectivity index (χ4n) is 2.65. The molecule has 2 nitrogen and oxygen atoms in total. The number of benzene rings is 2. The minimum absolute atomic E-state index is 0. The summed E-state index contributed by atoms with van der Waals surface area (Å²) >= 11 is 6.03. The van der Waals surface area contributed by atoms with Gasteiger partial charge >= 0.3 is 0 Å². The zero-order valence-corrected chi connectivity index (χ0v) is 14.6. The molecule has 0 aliphatic heterocycles. The van der Waals surface area contributed by atoms with Gasteiger partial charge in [0.05, 0.1) is 0 Å². The van der Waals surface area contributed by atoms with Crippen molar-refractivity contribution in [1.82, 2.24) is 0 Å². The molecule has 1 N–H and O–H groups in total. The molecule has 4 aromatic rings. The summed E-state index contributed by atoms with van der Waals surface area (Å²) in [5, 5.41) is 6.54. The standard InChI is InChI=1S/C19H13ClN2.BrH/c20-16-4-3-5-17(12-16)21-18-8-7-14-13-22-9-2-1-6-19(22)11-15(14)10-18;/h1-13H;1H. The minimum atomic E-state index is 0. The maximum absolute atomic E-state index is 6.03. The molecule has 4 rings (SSSR count). The number of nitrogens with zero attached hydrogens (tertiary/aromatic N) is 1.